The Bertz CT molecular complexity index is 9.52. The molecule has 0 radical (unpaired) electrons. The second-order valence-corrected chi connectivity index (χ2v) is 0. The van der Waals surface area contributed by atoms with Crippen LogP contribution in [-0.4, -0.2) is 49.3 Å². The van der Waals surface area contributed by atoms with Gasteiger partial charge in [0, 0.05) is 0 Å². The number of rotatable bonds is 0. The first-order valence-electron chi connectivity index (χ1n) is 0.126. The number of hydrogen-bond acceptors (Lipinski definition) is 0. The predicted octanol–water partition coefficient (Wildman–Crippen LogP) is -6.73. The molecule has 18 N–H and O–H groups in total. The molecule has 88 valence electrons. The molecule has 0 aromatic rings. The van der Waals surface area contributed by atoms with E-state index in [4.69, 9.17) is 0 Å². The van der Waals surface area contributed by atoms with Crippen molar-refractivity contribution < 1.29 is 84.4 Å². The third-order valence-electron chi connectivity index (χ3n) is 0. The second-order valence-electron chi connectivity index (χ2n) is 0. The van der Waals surface area contributed by atoms with Gasteiger partial charge in [0.05, 0.1) is 0 Å². The fraction of sp³-hybridized carbons (Fsp3) is 0. The summed E-state index contributed by atoms with van der Waals surface area (Å²) in [6, 6.07) is 0. The average molecular weight is 357 g/mol. The first-order valence-corrected chi connectivity index (χ1v) is 2.80. The van der Waals surface area contributed by atoms with E-state index in [2.05, 4.69) is 6.22 Å². The fourth-order valence-electron chi connectivity index (χ4n) is 0. The molecule has 0 aliphatic rings. The molecule has 0 aromatic carbocycles. The van der Waals surface area contributed by atoms with E-state index in [0.717, 1.165) is 0 Å². The van der Waals surface area contributed by atoms with Gasteiger partial charge in [-0.25, -0.2) is 0 Å². The minimum atomic E-state index is 0. The van der Waals surface area contributed by atoms with Crippen LogP contribution in [0.15, 0.2) is 0 Å². The molecule has 0 saturated heterocycles. The van der Waals surface area contributed by atoms with Gasteiger partial charge in [-0.15, -0.1) is 0 Å². The Balaban J connectivity index is -0.000000000139. The average Bonchev–Trinajstić information content (AvgIpc) is 1.00. The summed E-state index contributed by atoms with van der Waals surface area (Å²) in [6.07, 6.45) is 4.64. The maximum atomic E-state index is 4.64. The van der Waals surface area contributed by atoms with E-state index in [-0.39, 0.29) is 49.3 Å². The van der Waals surface area contributed by atoms with Crippen molar-refractivity contribution in [1.82, 2.24) is 0 Å². The first-order chi connectivity index (χ1) is 1.00. The Morgan fingerprint density at radius 3 is 0.364 bits per heavy atom. The standard InChI is InChI=1S/ClH.9H2O.Tb/h1H;9*1H2;/q;;;;;;;;;;+1/p-1. The van der Waals surface area contributed by atoms with Crippen molar-refractivity contribution in [2.24, 2.45) is 0 Å². The summed E-state index contributed by atoms with van der Waals surface area (Å²) in [7, 11) is 0. The molecule has 0 unspecified atom stereocenters. The Morgan fingerprint density at radius 1 is 0.364 bits per heavy atom. The quantitative estimate of drug-likeness (QED) is 0.391. The van der Waals surface area contributed by atoms with Crippen LogP contribution in [0.5, 0.6) is 0 Å². The van der Waals surface area contributed by atoms with Crippen LogP contribution in [0.1, 0.15) is 0 Å². The van der Waals surface area contributed by atoms with Crippen molar-refractivity contribution in [2.75, 3.05) is 0 Å². The van der Waals surface area contributed by atoms with E-state index < -0.39 is 0 Å². The molecule has 0 fully saturated rings. The fourth-order valence-corrected chi connectivity index (χ4v) is 0. The molecule has 0 spiro atoms. The molecule has 11 heavy (non-hydrogen) atoms. The monoisotopic (exact) mass is 356 g/mol. The normalized spacial score (nSPS) is 0.636. The number of hydrogen-bond donors (Lipinski definition) is 0. The zero-order valence-electron chi connectivity index (χ0n) is 5.21. The SMILES string of the molecule is O.O.O.O.O.O.O.O.O.[Cl][Tb]. The van der Waals surface area contributed by atoms with Crippen LogP contribution >= 0.6 is 6.22 Å². The van der Waals surface area contributed by atoms with Crippen LogP contribution in [0.2, 0.25) is 0 Å². The molecule has 0 aromatic heterocycles. The van der Waals surface area contributed by atoms with Crippen molar-refractivity contribution in [3.05, 3.63) is 0 Å². The minimum absolute atomic E-state index is 0. The van der Waals surface area contributed by atoms with Crippen molar-refractivity contribution in [1.29, 1.82) is 0 Å². The molecule has 0 atom stereocenters. The van der Waals surface area contributed by atoms with Crippen LogP contribution in [0, 0.1) is 35.1 Å². The van der Waals surface area contributed by atoms with Gasteiger partial charge in [-0.3, -0.25) is 0 Å². The van der Waals surface area contributed by atoms with Gasteiger partial charge in [-0.1, -0.05) is 0 Å². The van der Waals surface area contributed by atoms with Crippen LogP contribution < -0.4 is 0 Å². The molecule has 11 heteroatoms. The van der Waals surface area contributed by atoms with Gasteiger partial charge in [0.15, 0.2) is 0 Å². The summed E-state index contributed by atoms with van der Waals surface area (Å²) in [5, 5.41) is 0. The van der Waals surface area contributed by atoms with Crippen molar-refractivity contribution in [3.63, 3.8) is 0 Å². The van der Waals surface area contributed by atoms with Crippen LogP contribution in [0.4, 0.5) is 0 Å². The summed E-state index contributed by atoms with van der Waals surface area (Å²) in [5.41, 5.74) is 0. The Labute approximate surface area is 90.1 Å². The predicted molar refractivity (Wildman–Crippen MR) is 38.4 cm³/mol. The Morgan fingerprint density at radius 2 is 0.364 bits per heavy atom. The zero-order chi connectivity index (χ0) is 2.00. The molecule has 0 saturated carbocycles. The summed E-state index contributed by atoms with van der Waals surface area (Å²) < 4.78 is 0. The van der Waals surface area contributed by atoms with Gasteiger partial charge in [0.25, 0.3) is 0 Å². The summed E-state index contributed by atoms with van der Waals surface area (Å²) in [5.74, 6) is 0. The van der Waals surface area contributed by atoms with Crippen LogP contribution in [0.3, 0.4) is 0 Å². The van der Waals surface area contributed by atoms with E-state index in [1.54, 1.807) is 0 Å². The second kappa shape index (κ2) is 792. The van der Waals surface area contributed by atoms with E-state index >= 15 is 0 Å². The zero-order valence-corrected chi connectivity index (χ0v) is 8.11. The third kappa shape index (κ3) is 644. The summed E-state index contributed by atoms with van der Waals surface area (Å²) in [4.78, 5) is 0. The van der Waals surface area contributed by atoms with Gasteiger partial charge < -0.3 is 49.3 Å². The van der Waals surface area contributed by atoms with Gasteiger partial charge in [0.1, 0.15) is 0 Å². The van der Waals surface area contributed by atoms with Crippen molar-refractivity contribution in [2.45, 2.75) is 0 Å². The van der Waals surface area contributed by atoms with E-state index in [0.29, 0.717) is 0 Å². The van der Waals surface area contributed by atoms with Gasteiger partial charge >= 0.3 is 41.3 Å². The molecule has 0 heterocycles. The molecule has 9 nitrogen and oxygen atoms in total. The van der Waals surface area contributed by atoms with Crippen LogP contribution in [0.25, 0.3) is 0 Å². The number of halogens is 1. The molecular formula is H18ClO9Tb. The molecule has 0 aliphatic carbocycles. The molecule has 0 amide bonds. The maximum absolute atomic E-state index is 4.64. The molecule has 0 bridgehead atoms. The van der Waals surface area contributed by atoms with Crippen molar-refractivity contribution >= 4 is 6.22 Å². The van der Waals surface area contributed by atoms with Gasteiger partial charge in [-0.2, -0.15) is 0 Å². The van der Waals surface area contributed by atoms with Crippen molar-refractivity contribution in [3.8, 4) is 0 Å². The third-order valence-corrected chi connectivity index (χ3v) is 0. The molecular weight excluding hydrogens is 338 g/mol. The Hall–Kier alpha value is 1.22. The van der Waals surface area contributed by atoms with E-state index in [1.807, 2.05) is 0 Å². The van der Waals surface area contributed by atoms with Crippen LogP contribution in [-0.2, 0) is 0 Å². The summed E-state index contributed by atoms with van der Waals surface area (Å²) >= 11 is 1.47. The first kappa shape index (κ1) is 313. The van der Waals surface area contributed by atoms with Gasteiger partial charge in [-0.05, 0) is 0 Å². The topological polar surface area (TPSA) is 284 Å². The van der Waals surface area contributed by atoms with Gasteiger partial charge in [0.2, 0.25) is 0 Å². The van der Waals surface area contributed by atoms with E-state index in [9.17, 15) is 0 Å². The molecule has 0 aliphatic heterocycles. The summed E-state index contributed by atoms with van der Waals surface area (Å²) in [6.45, 7) is 0. The Kier molecular flexibility index (Phi) is 22500. The molecule has 0 rings (SSSR count). The van der Waals surface area contributed by atoms with E-state index in [1.165, 1.54) is 35.1 Å².